The maximum atomic E-state index is 12.8. The molecule has 4 nitrogen and oxygen atoms in total. The number of aromatic nitrogens is 1. The third-order valence-corrected chi connectivity index (χ3v) is 4.16. The van der Waals surface area contributed by atoms with Crippen LogP contribution in [0.25, 0.3) is 11.1 Å². The van der Waals surface area contributed by atoms with Gasteiger partial charge in [-0.3, -0.25) is 4.98 Å². The molecule has 2 aromatic rings. The SMILES string of the molecule is CCOP(OC)OCc1ccc(-c2cccc(C(F)(F)F)c2)cn1.P. The fourth-order valence-corrected chi connectivity index (χ4v) is 2.66. The van der Waals surface area contributed by atoms with Crippen molar-refractivity contribution in [2.45, 2.75) is 19.7 Å². The molecule has 2 unspecified atom stereocenters. The Morgan fingerprint density at radius 3 is 2.40 bits per heavy atom. The Hall–Kier alpha value is -1.10. The van der Waals surface area contributed by atoms with Crippen molar-refractivity contribution >= 4 is 18.5 Å². The summed E-state index contributed by atoms with van der Waals surface area (Å²) in [6.45, 7) is 2.50. The van der Waals surface area contributed by atoms with Crippen LogP contribution in [0.2, 0.25) is 0 Å². The van der Waals surface area contributed by atoms with Gasteiger partial charge in [0.15, 0.2) is 0 Å². The molecule has 0 aliphatic heterocycles. The minimum absolute atomic E-state index is 0. The van der Waals surface area contributed by atoms with Gasteiger partial charge in [0.25, 0.3) is 0 Å². The third-order valence-electron chi connectivity index (χ3n) is 3.05. The van der Waals surface area contributed by atoms with E-state index in [-0.39, 0.29) is 16.5 Å². The molecule has 0 spiro atoms. The molecule has 0 saturated heterocycles. The van der Waals surface area contributed by atoms with E-state index >= 15 is 0 Å². The maximum Gasteiger partial charge on any atom is 0.416 e. The van der Waals surface area contributed by atoms with Crippen LogP contribution in [0.4, 0.5) is 13.2 Å². The van der Waals surface area contributed by atoms with Gasteiger partial charge in [-0.1, -0.05) is 18.2 Å². The van der Waals surface area contributed by atoms with Gasteiger partial charge in [0.2, 0.25) is 0 Å². The summed E-state index contributed by atoms with van der Waals surface area (Å²) >= 11 is 0. The van der Waals surface area contributed by atoms with Crippen LogP contribution < -0.4 is 0 Å². The number of hydrogen-bond acceptors (Lipinski definition) is 4. The molecular weight excluding hydrogens is 373 g/mol. The average Bonchev–Trinajstić information content (AvgIpc) is 2.58. The molecule has 0 bridgehead atoms. The average molecular weight is 393 g/mol. The number of hydrogen-bond donors (Lipinski definition) is 0. The zero-order chi connectivity index (χ0) is 17.6. The van der Waals surface area contributed by atoms with E-state index < -0.39 is 20.3 Å². The fourth-order valence-electron chi connectivity index (χ4n) is 1.92. The van der Waals surface area contributed by atoms with Crippen LogP contribution in [0.5, 0.6) is 0 Å². The monoisotopic (exact) mass is 393 g/mol. The maximum absolute atomic E-state index is 12.8. The summed E-state index contributed by atoms with van der Waals surface area (Å²) in [6, 6.07) is 8.54. The van der Waals surface area contributed by atoms with Crippen LogP contribution in [0.15, 0.2) is 42.6 Å². The summed E-state index contributed by atoms with van der Waals surface area (Å²) in [7, 11) is 0.0755. The minimum Gasteiger partial charge on any atom is -0.316 e. The topological polar surface area (TPSA) is 40.6 Å². The van der Waals surface area contributed by atoms with Crippen molar-refractivity contribution < 1.29 is 26.7 Å². The van der Waals surface area contributed by atoms with Crippen LogP contribution in [0, 0.1) is 0 Å². The predicted octanol–water partition coefficient (Wildman–Crippen LogP) is 5.25. The van der Waals surface area contributed by atoms with Crippen LogP contribution >= 0.6 is 18.5 Å². The van der Waals surface area contributed by atoms with Gasteiger partial charge in [-0.15, -0.1) is 0 Å². The summed E-state index contributed by atoms with van der Waals surface area (Å²) in [5, 5.41) is 0. The number of nitrogens with zero attached hydrogens (tertiary/aromatic N) is 1. The number of halogens is 3. The second-order valence-electron chi connectivity index (χ2n) is 4.71. The zero-order valence-electron chi connectivity index (χ0n) is 13.9. The van der Waals surface area contributed by atoms with Gasteiger partial charge >= 0.3 is 14.8 Å². The van der Waals surface area contributed by atoms with E-state index in [1.165, 1.54) is 19.4 Å². The van der Waals surface area contributed by atoms with E-state index in [1.807, 2.05) is 6.92 Å². The predicted molar refractivity (Wildman–Crippen MR) is 96.1 cm³/mol. The summed E-state index contributed by atoms with van der Waals surface area (Å²) in [6.07, 6.45) is -2.85. The largest absolute Gasteiger partial charge is 0.416 e. The highest BCUT2D eigenvalue weighted by Crippen LogP contribution is 2.39. The molecule has 0 radical (unpaired) electrons. The molecule has 138 valence electrons. The lowest BCUT2D eigenvalue weighted by atomic mass is 10.0. The van der Waals surface area contributed by atoms with Crippen LogP contribution in [-0.4, -0.2) is 18.7 Å². The Kier molecular flexibility index (Phi) is 8.91. The van der Waals surface area contributed by atoms with E-state index in [9.17, 15) is 13.2 Å². The van der Waals surface area contributed by atoms with Gasteiger partial charge in [0.1, 0.15) is 0 Å². The first-order valence-corrected chi connectivity index (χ1v) is 8.26. The highest BCUT2D eigenvalue weighted by molar-refractivity contribution is 7.41. The lowest BCUT2D eigenvalue weighted by Gasteiger charge is -2.13. The normalized spacial score (nSPS) is 12.5. The standard InChI is InChI=1S/C16H17F3NO3P.H3P/c1-3-22-24(21-2)23-11-15-8-7-13(10-20-15)12-5-4-6-14(9-12)16(17,18)19;/h4-10H,3,11H2,1-2H3;1H3. The minimum atomic E-state index is -4.37. The molecule has 0 saturated carbocycles. The second kappa shape index (κ2) is 10.1. The van der Waals surface area contributed by atoms with E-state index in [4.69, 9.17) is 13.6 Å². The Balaban J connectivity index is 0.00000312. The van der Waals surface area contributed by atoms with E-state index in [2.05, 4.69) is 4.98 Å². The molecule has 0 N–H and O–H groups in total. The fraction of sp³-hybridized carbons (Fsp3) is 0.312. The highest BCUT2D eigenvalue weighted by Gasteiger charge is 2.30. The summed E-state index contributed by atoms with van der Waals surface area (Å²) in [5.41, 5.74) is 1.01. The van der Waals surface area contributed by atoms with Crippen molar-refractivity contribution in [3.63, 3.8) is 0 Å². The molecule has 1 heterocycles. The number of rotatable bonds is 7. The number of pyridine rings is 1. The molecule has 1 aromatic carbocycles. The molecule has 9 heteroatoms. The molecular formula is C16H20F3NO3P2. The smallest absolute Gasteiger partial charge is 0.316 e. The van der Waals surface area contributed by atoms with Crippen molar-refractivity contribution in [2.75, 3.05) is 13.7 Å². The molecule has 2 rings (SSSR count). The van der Waals surface area contributed by atoms with E-state index in [0.717, 1.165) is 12.1 Å². The Morgan fingerprint density at radius 2 is 1.84 bits per heavy atom. The first-order chi connectivity index (χ1) is 11.4. The van der Waals surface area contributed by atoms with E-state index in [0.29, 0.717) is 23.4 Å². The van der Waals surface area contributed by atoms with Crippen molar-refractivity contribution in [1.82, 2.24) is 4.98 Å². The number of alkyl halides is 3. The quantitative estimate of drug-likeness (QED) is 0.603. The van der Waals surface area contributed by atoms with Crippen LogP contribution in [-0.2, 0) is 26.4 Å². The van der Waals surface area contributed by atoms with Crippen LogP contribution in [0.3, 0.4) is 0 Å². The lowest BCUT2D eigenvalue weighted by Crippen LogP contribution is -2.04. The molecule has 2 atom stereocenters. The lowest BCUT2D eigenvalue weighted by molar-refractivity contribution is -0.137. The Morgan fingerprint density at radius 1 is 1.08 bits per heavy atom. The van der Waals surface area contributed by atoms with Crippen molar-refractivity contribution in [1.29, 1.82) is 0 Å². The highest BCUT2D eigenvalue weighted by atomic mass is 31.2. The van der Waals surface area contributed by atoms with Gasteiger partial charge in [0.05, 0.1) is 24.5 Å². The molecule has 0 amide bonds. The summed E-state index contributed by atoms with van der Waals surface area (Å²) in [5.74, 6) is 0. The molecule has 0 fully saturated rings. The first kappa shape index (κ1) is 21.9. The van der Waals surface area contributed by atoms with Gasteiger partial charge in [-0.2, -0.15) is 23.1 Å². The second-order valence-corrected chi connectivity index (χ2v) is 6.04. The van der Waals surface area contributed by atoms with Gasteiger partial charge in [-0.25, -0.2) is 0 Å². The van der Waals surface area contributed by atoms with Gasteiger partial charge in [0, 0.05) is 18.9 Å². The van der Waals surface area contributed by atoms with Crippen LogP contribution in [0.1, 0.15) is 18.2 Å². The van der Waals surface area contributed by atoms with Gasteiger partial charge < -0.3 is 13.6 Å². The Labute approximate surface area is 149 Å². The van der Waals surface area contributed by atoms with E-state index in [1.54, 1.807) is 18.2 Å². The summed E-state index contributed by atoms with van der Waals surface area (Å²) < 4.78 is 54.0. The van der Waals surface area contributed by atoms with Crippen molar-refractivity contribution in [2.24, 2.45) is 0 Å². The molecule has 1 aromatic heterocycles. The molecule has 0 aliphatic carbocycles. The third kappa shape index (κ3) is 6.61. The Bertz CT molecular complexity index is 654. The van der Waals surface area contributed by atoms with Gasteiger partial charge in [-0.05, 0) is 30.7 Å². The summed E-state index contributed by atoms with van der Waals surface area (Å²) in [4.78, 5) is 4.21. The molecule has 0 aliphatic rings. The molecule has 25 heavy (non-hydrogen) atoms. The zero-order valence-corrected chi connectivity index (χ0v) is 16.2. The number of benzene rings is 1. The van der Waals surface area contributed by atoms with Crippen molar-refractivity contribution in [3.8, 4) is 11.1 Å². The van der Waals surface area contributed by atoms with Crippen molar-refractivity contribution in [3.05, 3.63) is 53.9 Å². The first-order valence-electron chi connectivity index (χ1n) is 7.16.